The van der Waals surface area contributed by atoms with Crippen LogP contribution in [0.1, 0.15) is 10.4 Å². The van der Waals surface area contributed by atoms with Gasteiger partial charge in [-0.2, -0.15) is 0 Å². The number of anilines is 1. The molecule has 0 spiro atoms. The molecule has 18 heavy (non-hydrogen) atoms. The van der Waals surface area contributed by atoms with Crippen LogP contribution in [0.5, 0.6) is 0 Å². The highest BCUT2D eigenvalue weighted by atomic mass is 127. The van der Waals surface area contributed by atoms with Crippen molar-refractivity contribution in [2.75, 3.05) is 11.6 Å². The van der Waals surface area contributed by atoms with E-state index in [4.69, 9.17) is 0 Å². The minimum absolute atomic E-state index is 0.118. The number of thioether (sulfide) groups is 1. The van der Waals surface area contributed by atoms with Gasteiger partial charge in [-0.05, 0) is 59.2 Å². The monoisotopic (exact) mass is 370 g/mol. The average Bonchev–Trinajstić information content (AvgIpc) is 2.39. The van der Waals surface area contributed by atoms with E-state index in [2.05, 4.69) is 32.9 Å². The normalized spacial score (nSPS) is 10.1. The van der Waals surface area contributed by atoms with Crippen molar-refractivity contribution in [3.05, 3.63) is 51.7 Å². The molecule has 0 saturated heterocycles. The first-order valence-corrected chi connectivity index (χ1v) is 7.56. The maximum absolute atomic E-state index is 12.0. The lowest BCUT2D eigenvalue weighted by Crippen LogP contribution is -2.12. The molecule has 0 aliphatic heterocycles. The number of hydrogen-bond acceptors (Lipinski definition) is 3. The van der Waals surface area contributed by atoms with Gasteiger partial charge in [0.2, 0.25) is 0 Å². The van der Waals surface area contributed by atoms with Gasteiger partial charge in [-0.3, -0.25) is 4.79 Å². The number of halogens is 1. The lowest BCUT2D eigenvalue weighted by Gasteiger charge is -2.05. The second kappa shape index (κ2) is 6.19. The Labute approximate surface area is 124 Å². The van der Waals surface area contributed by atoms with Crippen LogP contribution in [0.2, 0.25) is 0 Å². The van der Waals surface area contributed by atoms with E-state index in [9.17, 15) is 4.79 Å². The van der Waals surface area contributed by atoms with Crippen molar-refractivity contribution >= 4 is 45.9 Å². The Bertz CT molecular complexity index is 557. The van der Waals surface area contributed by atoms with Crippen LogP contribution in [-0.4, -0.2) is 17.1 Å². The van der Waals surface area contributed by atoms with Gasteiger partial charge in [0.05, 0.1) is 16.9 Å². The molecule has 0 atom stereocenters. The number of benzene rings is 1. The Morgan fingerprint density at radius 2 is 2.17 bits per heavy atom. The third-order valence-corrected chi connectivity index (χ3v) is 3.62. The van der Waals surface area contributed by atoms with Gasteiger partial charge in [0.15, 0.2) is 0 Å². The van der Waals surface area contributed by atoms with Crippen LogP contribution in [0.3, 0.4) is 0 Å². The summed E-state index contributed by atoms with van der Waals surface area (Å²) in [5, 5.41) is 3.76. The highest BCUT2D eigenvalue weighted by molar-refractivity contribution is 14.1. The van der Waals surface area contributed by atoms with Crippen LogP contribution >= 0.6 is 34.4 Å². The number of amides is 1. The molecule has 0 fully saturated rings. The number of hydrogen-bond donors (Lipinski definition) is 1. The van der Waals surface area contributed by atoms with E-state index >= 15 is 0 Å². The average molecular weight is 370 g/mol. The minimum Gasteiger partial charge on any atom is -0.321 e. The molecule has 5 heteroatoms. The molecule has 1 heterocycles. The summed E-state index contributed by atoms with van der Waals surface area (Å²) in [4.78, 5) is 16.2. The molecule has 0 bridgehead atoms. The number of aromatic nitrogens is 1. The fourth-order valence-electron chi connectivity index (χ4n) is 1.41. The van der Waals surface area contributed by atoms with Crippen LogP contribution in [-0.2, 0) is 0 Å². The molecule has 1 N–H and O–H groups in total. The van der Waals surface area contributed by atoms with Gasteiger partial charge >= 0.3 is 0 Å². The van der Waals surface area contributed by atoms with Crippen molar-refractivity contribution in [3.63, 3.8) is 0 Å². The van der Waals surface area contributed by atoms with Gasteiger partial charge in [0.25, 0.3) is 5.91 Å². The molecular formula is C13H11IN2OS. The molecule has 2 aromatic rings. The fraction of sp³-hybridized carbons (Fsp3) is 0.0769. The highest BCUT2D eigenvalue weighted by Gasteiger charge is 2.06. The Kier molecular flexibility index (Phi) is 4.60. The Hall–Kier alpha value is -1.08. The summed E-state index contributed by atoms with van der Waals surface area (Å²) in [7, 11) is 0. The van der Waals surface area contributed by atoms with Crippen molar-refractivity contribution in [1.29, 1.82) is 0 Å². The molecule has 1 aromatic heterocycles. The summed E-state index contributed by atoms with van der Waals surface area (Å²) in [6, 6.07) is 11.2. The summed E-state index contributed by atoms with van der Waals surface area (Å²) in [6.45, 7) is 0. The van der Waals surface area contributed by atoms with Crippen molar-refractivity contribution < 1.29 is 4.79 Å². The standard InChI is InChI=1S/C13H11IN2OS/c1-18-12-6-5-11(8-15-12)16-13(17)9-3-2-4-10(14)7-9/h2-8H,1H3,(H,16,17). The fourth-order valence-corrected chi connectivity index (χ4v) is 2.31. The van der Waals surface area contributed by atoms with E-state index in [0.29, 0.717) is 11.3 Å². The van der Waals surface area contributed by atoms with E-state index in [1.165, 1.54) is 0 Å². The van der Waals surface area contributed by atoms with Gasteiger partial charge in [0, 0.05) is 9.13 Å². The van der Waals surface area contributed by atoms with Crippen LogP contribution in [0.25, 0.3) is 0 Å². The Balaban J connectivity index is 2.11. The molecule has 0 radical (unpaired) electrons. The summed E-state index contributed by atoms with van der Waals surface area (Å²) < 4.78 is 1.04. The van der Waals surface area contributed by atoms with Crippen LogP contribution in [0.15, 0.2) is 47.6 Å². The lowest BCUT2D eigenvalue weighted by molar-refractivity contribution is 0.102. The number of carbonyl (C=O) groups is 1. The molecule has 0 aliphatic carbocycles. The SMILES string of the molecule is CSc1ccc(NC(=O)c2cccc(I)c2)cn1. The Morgan fingerprint density at radius 1 is 1.33 bits per heavy atom. The minimum atomic E-state index is -0.118. The van der Waals surface area contributed by atoms with Crippen molar-refractivity contribution in [2.45, 2.75) is 5.03 Å². The van der Waals surface area contributed by atoms with Gasteiger partial charge in [-0.1, -0.05) is 6.07 Å². The molecule has 2 rings (SSSR count). The van der Waals surface area contributed by atoms with Crippen LogP contribution in [0, 0.1) is 3.57 Å². The smallest absolute Gasteiger partial charge is 0.255 e. The zero-order valence-electron chi connectivity index (χ0n) is 9.68. The van der Waals surface area contributed by atoms with E-state index in [0.717, 1.165) is 8.60 Å². The third kappa shape index (κ3) is 3.46. The predicted molar refractivity (Wildman–Crippen MR) is 83.1 cm³/mol. The molecule has 0 unspecified atom stereocenters. The Morgan fingerprint density at radius 3 is 2.78 bits per heavy atom. The summed E-state index contributed by atoms with van der Waals surface area (Å²) >= 11 is 3.75. The molecule has 1 amide bonds. The molecule has 0 aliphatic rings. The largest absolute Gasteiger partial charge is 0.321 e. The van der Waals surface area contributed by atoms with E-state index in [1.54, 1.807) is 24.0 Å². The second-order valence-corrected chi connectivity index (χ2v) is 5.63. The number of nitrogens with one attached hydrogen (secondary N) is 1. The maximum Gasteiger partial charge on any atom is 0.255 e. The maximum atomic E-state index is 12.0. The van der Waals surface area contributed by atoms with Gasteiger partial charge < -0.3 is 5.32 Å². The zero-order chi connectivity index (χ0) is 13.0. The lowest BCUT2D eigenvalue weighted by atomic mass is 10.2. The van der Waals surface area contributed by atoms with E-state index in [1.807, 2.05) is 36.6 Å². The summed E-state index contributed by atoms with van der Waals surface area (Å²) in [6.07, 6.45) is 3.63. The first-order chi connectivity index (χ1) is 8.69. The quantitative estimate of drug-likeness (QED) is 0.662. The second-order valence-electron chi connectivity index (χ2n) is 3.55. The first kappa shape index (κ1) is 13.4. The third-order valence-electron chi connectivity index (χ3n) is 2.29. The summed E-state index contributed by atoms with van der Waals surface area (Å²) in [5.41, 5.74) is 1.35. The van der Waals surface area contributed by atoms with Crippen LogP contribution in [0.4, 0.5) is 5.69 Å². The first-order valence-electron chi connectivity index (χ1n) is 5.26. The van der Waals surface area contributed by atoms with Crippen molar-refractivity contribution in [1.82, 2.24) is 4.98 Å². The van der Waals surface area contributed by atoms with Crippen molar-refractivity contribution in [3.8, 4) is 0 Å². The van der Waals surface area contributed by atoms with Gasteiger partial charge in [-0.15, -0.1) is 11.8 Å². The number of nitrogens with zero attached hydrogens (tertiary/aromatic N) is 1. The van der Waals surface area contributed by atoms with E-state index < -0.39 is 0 Å². The van der Waals surface area contributed by atoms with Crippen molar-refractivity contribution in [2.24, 2.45) is 0 Å². The number of carbonyl (C=O) groups excluding carboxylic acids is 1. The number of rotatable bonds is 3. The molecule has 92 valence electrons. The molecular weight excluding hydrogens is 359 g/mol. The molecule has 1 aromatic carbocycles. The van der Waals surface area contributed by atoms with Crippen LogP contribution < -0.4 is 5.32 Å². The predicted octanol–water partition coefficient (Wildman–Crippen LogP) is 3.66. The van der Waals surface area contributed by atoms with Gasteiger partial charge in [0.1, 0.15) is 0 Å². The molecule has 3 nitrogen and oxygen atoms in total. The van der Waals surface area contributed by atoms with E-state index in [-0.39, 0.29) is 5.91 Å². The molecule has 0 saturated carbocycles. The topological polar surface area (TPSA) is 42.0 Å². The number of pyridine rings is 1. The van der Waals surface area contributed by atoms with Gasteiger partial charge in [-0.25, -0.2) is 4.98 Å². The highest BCUT2D eigenvalue weighted by Crippen LogP contribution is 2.15. The summed E-state index contributed by atoms with van der Waals surface area (Å²) in [5.74, 6) is -0.118. The zero-order valence-corrected chi connectivity index (χ0v) is 12.7.